The van der Waals surface area contributed by atoms with Crippen molar-refractivity contribution in [2.45, 2.75) is 13.8 Å². The summed E-state index contributed by atoms with van der Waals surface area (Å²) in [5, 5.41) is 0. The molecule has 0 bridgehead atoms. The Morgan fingerprint density at radius 1 is 1.24 bits per heavy atom. The standard InChI is InChI=1S/C16H22N2O3/c1-13(2)12-21-16(20)18-9-7-17(8-10-18)15-6-4-3-5-14(15)11-19/h3-6,11,13H,7-10,12H2,1-2H3. The molecule has 1 amide bonds. The highest BCUT2D eigenvalue weighted by Crippen LogP contribution is 2.20. The fraction of sp³-hybridized carbons (Fsp3) is 0.500. The van der Waals surface area contributed by atoms with Gasteiger partial charge < -0.3 is 14.5 Å². The number of carbonyl (C=O) groups excluding carboxylic acids is 2. The number of nitrogens with zero attached hydrogens (tertiary/aromatic N) is 2. The lowest BCUT2D eigenvalue weighted by Crippen LogP contribution is -2.49. The summed E-state index contributed by atoms with van der Waals surface area (Å²) in [6.45, 7) is 7.13. The predicted octanol–water partition coefficient (Wildman–Crippen LogP) is 2.41. The number of aldehydes is 1. The maximum absolute atomic E-state index is 11.9. The molecule has 1 aromatic carbocycles. The molecule has 1 saturated heterocycles. The monoisotopic (exact) mass is 290 g/mol. The normalized spacial score (nSPS) is 15.2. The second-order valence-corrected chi connectivity index (χ2v) is 5.62. The number of rotatable bonds is 4. The van der Waals surface area contributed by atoms with Crippen LogP contribution in [0.15, 0.2) is 24.3 Å². The van der Waals surface area contributed by atoms with Gasteiger partial charge in [0.05, 0.1) is 6.61 Å². The summed E-state index contributed by atoms with van der Waals surface area (Å²) >= 11 is 0. The van der Waals surface area contributed by atoms with Crippen LogP contribution < -0.4 is 4.90 Å². The van der Waals surface area contributed by atoms with Gasteiger partial charge >= 0.3 is 6.09 Å². The second-order valence-electron chi connectivity index (χ2n) is 5.62. The third-order valence-corrected chi connectivity index (χ3v) is 3.48. The number of amides is 1. The molecule has 1 aliphatic rings. The van der Waals surface area contributed by atoms with Crippen LogP contribution in [-0.2, 0) is 4.74 Å². The van der Waals surface area contributed by atoms with E-state index in [-0.39, 0.29) is 6.09 Å². The van der Waals surface area contributed by atoms with E-state index in [1.54, 1.807) is 4.90 Å². The zero-order chi connectivity index (χ0) is 15.2. The van der Waals surface area contributed by atoms with Crippen LogP contribution in [0.2, 0.25) is 0 Å². The molecule has 114 valence electrons. The fourth-order valence-corrected chi connectivity index (χ4v) is 2.33. The molecular weight excluding hydrogens is 268 g/mol. The van der Waals surface area contributed by atoms with Crippen LogP contribution in [0.4, 0.5) is 10.5 Å². The number of hydrogen-bond acceptors (Lipinski definition) is 4. The maximum Gasteiger partial charge on any atom is 0.409 e. The molecule has 0 radical (unpaired) electrons. The average molecular weight is 290 g/mol. The van der Waals surface area contributed by atoms with Crippen molar-refractivity contribution >= 4 is 18.1 Å². The number of benzene rings is 1. The number of ether oxygens (including phenoxy) is 1. The summed E-state index contributed by atoms with van der Waals surface area (Å²) in [5.41, 5.74) is 1.62. The minimum atomic E-state index is -0.243. The third kappa shape index (κ3) is 3.97. The van der Waals surface area contributed by atoms with Crippen molar-refractivity contribution < 1.29 is 14.3 Å². The Morgan fingerprint density at radius 2 is 1.90 bits per heavy atom. The first-order chi connectivity index (χ1) is 10.1. The number of hydrogen-bond donors (Lipinski definition) is 0. The van der Waals surface area contributed by atoms with E-state index in [0.717, 1.165) is 12.0 Å². The quantitative estimate of drug-likeness (QED) is 0.799. The molecule has 0 spiro atoms. The van der Waals surface area contributed by atoms with Gasteiger partial charge in [0.25, 0.3) is 0 Å². The summed E-state index contributed by atoms with van der Waals surface area (Å²) < 4.78 is 5.24. The molecule has 0 atom stereocenters. The van der Waals surface area contributed by atoms with Crippen LogP contribution in [0.3, 0.4) is 0 Å². The molecule has 0 saturated carbocycles. The molecule has 1 aromatic rings. The second kappa shape index (κ2) is 7.11. The Bertz CT molecular complexity index is 494. The predicted molar refractivity (Wildman–Crippen MR) is 81.8 cm³/mol. The SMILES string of the molecule is CC(C)COC(=O)N1CCN(c2ccccc2C=O)CC1. The van der Waals surface area contributed by atoms with Crippen LogP contribution in [0.1, 0.15) is 24.2 Å². The van der Waals surface area contributed by atoms with Gasteiger partial charge in [-0.25, -0.2) is 4.79 Å². The molecule has 0 aromatic heterocycles. The van der Waals surface area contributed by atoms with Crippen LogP contribution in [0.25, 0.3) is 0 Å². The van der Waals surface area contributed by atoms with Crippen LogP contribution in [0.5, 0.6) is 0 Å². The number of carbonyl (C=O) groups is 2. The Hall–Kier alpha value is -2.04. The summed E-state index contributed by atoms with van der Waals surface area (Å²) in [4.78, 5) is 26.8. The van der Waals surface area contributed by atoms with Gasteiger partial charge in [-0.1, -0.05) is 26.0 Å². The van der Waals surface area contributed by atoms with Crippen molar-refractivity contribution in [3.05, 3.63) is 29.8 Å². The minimum absolute atomic E-state index is 0.243. The van der Waals surface area contributed by atoms with Crippen LogP contribution in [-0.4, -0.2) is 50.1 Å². The first-order valence-corrected chi connectivity index (χ1v) is 7.32. The maximum atomic E-state index is 11.9. The van der Waals surface area contributed by atoms with Gasteiger partial charge in [0, 0.05) is 37.4 Å². The molecule has 5 heteroatoms. The highest BCUT2D eigenvalue weighted by molar-refractivity contribution is 5.84. The van der Waals surface area contributed by atoms with E-state index in [1.807, 2.05) is 38.1 Å². The summed E-state index contributed by atoms with van der Waals surface area (Å²) in [6, 6.07) is 7.53. The lowest BCUT2D eigenvalue weighted by Gasteiger charge is -2.36. The molecule has 0 aliphatic carbocycles. The lowest BCUT2D eigenvalue weighted by molar-refractivity contribution is 0.0900. The van der Waals surface area contributed by atoms with Crippen molar-refractivity contribution in [2.75, 3.05) is 37.7 Å². The molecular formula is C16H22N2O3. The van der Waals surface area contributed by atoms with Gasteiger partial charge in [-0.05, 0) is 18.1 Å². The van der Waals surface area contributed by atoms with Crippen molar-refractivity contribution in [3.8, 4) is 0 Å². The summed E-state index contributed by atoms with van der Waals surface area (Å²) in [6.07, 6.45) is 0.630. The van der Waals surface area contributed by atoms with Gasteiger partial charge in [0.15, 0.2) is 6.29 Å². The smallest absolute Gasteiger partial charge is 0.409 e. The average Bonchev–Trinajstić information content (AvgIpc) is 2.52. The molecule has 1 heterocycles. The largest absolute Gasteiger partial charge is 0.449 e. The zero-order valence-corrected chi connectivity index (χ0v) is 12.6. The van der Waals surface area contributed by atoms with E-state index in [1.165, 1.54) is 0 Å². The van der Waals surface area contributed by atoms with Gasteiger partial charge in [0.1, 0.15) is 0 Å². The first kappa shape index (κ1) is 15.4. The Morgan fingerprint density at radius 3 is 2.52 bits per heavy atom. The minimum Gasteiger partial charge on any atom is -0.449 e. The number of piperazine rings is 1. The molecule has 2 rings (SSSR count). The highest BCUT2D eigenvalue weighted by Gasteiger charge is 2.23. The third-order valence-electron chi connectivity index (χ3n) is 3.48. The summed E-state index contributed by atoms with van der Waals surface area (Å²) in [5.74, 6) is 0.342. The van der Waals surface area contributed by atoms with E-state index in [2.05, 4.69) is 4.90 Å². The number of para-hydroxylation sites is 1. The van der Waals surface area contributed by atoms with Gasteiger partial charge in [0.2, 0.25) is 0 Å². The van der Waals surface area contributed by atoms with Crippen molar-refractivity contribution in [3.63, 3.8) is 0 Å². The van der Waals surface area contributed by atoms with Gasteiger partial charge in [-0.15, -0.1) is 0 Å². The van der Waals surface area contributed by atoms with Gasteiger partial charge in [-0.2, -0.15) is 0 Å². The van der Waals surface area contributed by atoms with Crippen LogP contribution >= 0.6 is 0 Å². The lowest BCUT2D eigenvalue weighted by atomic mass is 10.1. The zero-order valence-electron chi connectivity index (χ0n) is 12.6. The molecule has 1 aliphatic heterocycles. The van der Waals surface area contributed by atoms with E-state index >= 15 is 0 Å². The fourth-order valence-electron chi connectivity index (χ4n) is 2.33. The molecule has 1 fully saturated rings. The van der Waals surface area contributed by atoms with Crippen molar-refractivity contribution in [1.82, 2.24) is 4.90 Å². The van der Waals surface area contributed by atoms with E-state index in [9.17, 15) is 9.59 Å². The van der Waals surface area contributed by atoms with E-state index < -0.39 is 0 Å². The molecule has 21 heavy (non-hydrogen) atoms. The van der Waals surface area contributed by atoms with Gasteiger partial charge in [-0.3, -0.25) is 4.79 Å². The van der Waals surface area contributed by atoms with E-state index in [4.69, 9.17) is 4.74 Å². The van der Waals surface area contributed by atoms with E-state index in [0.29, 0.717) is 44.3 Å². The Labute approximate surface area is 125 Å². The van der Waals surface area contributed by atoms with Crippen LogP contribution in [0, 0.1) is 5.92 Å². The molecule has 5 nitrogen and oxygen atoms in total. The summed E-state index contributed by atoms with van der Waals surface area (Å²) in [7, 11) is 0. The first-order valence-electron chi connectivity index (χ1n) is 7.32. The van der Waals surface area contributed by atoms with Crippen molar-refractivity contribution in [2.24, 2.45) is 5.92 Å². The highest BCUT2D eigenvalue weighted by atomic mass is 16.6. The number of anilines is 1. The molecule has 0 unspecified atom stereocenters. The topological polar surface area (TPSA) is 49.9 Å². The Balaban J connectivity index is 1.91. The Kier molecular flexibility index (Phi) is 5.20. The molecule has 0 N–H and O–H groups in total. The van der Waals surface area contributed by atoms with Crippen molar-refractivity contribution in [1.29, 1.82) is 0 Å².